The van der Waals surface area contributed by atoms with Gasteiger partial charge in [-0.1, -0.05) is 18.2 Å². The molecule has 0 radical (unpaired) electrons. The van der Waals surface area contributed by atoms with Crippen molar-refractivity contribution in [1.29, 1.82) is 0 Å². The molecule has 1 saturated heterocycles. The minimum Gasteiger partial charge on any atom is -0.397 e. The molecule has 1 atom stereocenters. The quantitative estimate of drug-likeness (QED) is 0.341. The summed E-state index contributed by atoms with van der Waals surface area (Å²) >= 11 is 5.44. The summed E-state index contributed by atoms with van der Waals surface area (Å²) in [5.74, 6) is -0.180. The molecule has 1 aliphatic rings. The van der Waals surface area contributed by atoms with Crippen LogP contribution in [-0.4, -0.2) is 35.1 Å². The molecule has 7 nitrogen and oxygen atoms in total. The molecule has 1 aliphatic heterocycles. The lowest BCUT2D eigenvalue weighted by Crippen LogP contribution is -2.42. The van der Waals surface area contributed by atoms with Crippen molar-refractivity contribution in [2.75, 3.05) is 29.0 Å². The van der Waals surface area contributed by atoms with E-state index in [4.69, 9.17) is 18.0 Å². The fraction of sp³-hybridized carbons (Fsp3) is 0.208. The van der Waals surface area contributed by atoms with Crippen molar-refractivity contribution in [3.8, 4) is 0 Å². The Balaban J connectivity index is 1.27. The Kier molecular flexibility index (Phi) is 6.81. The van der Waals surface area contributed by atoms with Gasteiger partial charge in [-0.3, -0.25) is 9.78 Å². The lowest BCUT2D eigenvalue weighted by Gasteiger charge is -2.20. The second-order valence-electron chi connectivity index (χ2n) is 7.71. The largest absolute Gasteiger partial charge is 0.397 e. The van der Waals surface area contributed by atoms with Crippen LogP contribution in [0.25, 0.3) is 0 Å². The molecule has 1 aromatic heterocycles. The van der Waals surface area contributed by atoms with Crippen LogP contribution in [-0.2, 0) is 6.54 Å². The third kappa shape index (κ3) is 5.53. The highest BCUT2D eigenvalue weighted by molar-refractivity contribution is 7.80. The van der Waals surface area contributed by atoms with Crippen LogP contribution in [0.1, 0.15) is 22.3 Å². The van der Waals surface area contributed by atoms with Crippen LogP contribution in [0.15, 0.2) is 73.1 Å². The predicted octanol–water partition coefficient (Wildman–Crippen LogP) is 3.16. The van der Waals surface area contributed by atoms with Gasteiger partial charge in [0.05, 0.1) is 11.4 Å². The number of amides is 1. The fourth-order valence-electron chi connectivity index (χ4n) is 3.66. The Bertz CT molecular complexity index is 1070. The molecule has 1 fully saturated rings. The van der Waals surface area contributed by atoms with Gasteiger partial charge in [-0.05, 0) is 66.7 Å². The fourth-order valence-corrected chi connectivity index (χ4v) is 3.90. The Morgan fingerprint density at radius 3 is 2.69 bits per heavy atom. The first kappa shape index (κ1) is 21.6. The molecule has 5 N–H and O–H groups in total. The number of thiocarbonyl (C=S) groups is 1. The standard InChI is InChI=1S/C24H26N6OS/c25-21-5-1-2-6-22(21)29-23(31)18-7-9-20(10-8-18)30-13-11-19(16-30)28-24(32)27-15-17-4-3-12-26-14-17/h1-10,12,14,19H,11,13,15-16,25H2,(H,29,31)(H2,27,28,32)/t19-/m0/s1. The number of nitrogens with two attached hydrogens (primary N) is 1. The molecule has 0 saturated carbocycles. The highest BCUT2D eigenvalue weighted by atomic mass is 32.1. The van der Waals surface area contributed by atoms with Crippen molar-refractivity contribution in [2.45, 2.75) is 19.0 Å². The second kappa shape index (κ2) is 10.1. The Labute approximate surface area is 193 Å². The molecule has 164 valence electrons. The number of aromatic nitrogens is 1. The maximum Gasteiger partial charge on any atom is 0.255 e. The maximum atomic E-state index is 12.5. The van der Waals surface area contributed by atoms with Crippen molar-refractivity contribution in [2.24, 2.45) is 0 Å². The maximum absolute atomic E-state index is 12.5. The molecule has 0 spiro atoms. The molecule has 1 amide bonds. The van der Waals surface area contributed by atoms with Crippen molar-refractivity contribution in [3.63, 3.8) is 0 Å². The first-order valence-electron chi connectivity index (χ1n) is 10.5. The summed E-state index contributed by atoms with van der Waals surface area (Å²) in [5, 5.41) is 10.1. The number of benzene rings is 2. The van der Waals surface area contributed by atoms with Gasteiger partial charge in [0.25, 0.3) is 5.91 Å². The average molecular weight is 447 g/mol. The zero-order valence-electron chi connectivity index (χ0n) is 17.6. The average Bonchev–Trinajstić information content (AvgIpc) is 3.28. The van der Waals surface area contributed by atoms with E-state index in [-0.39, 0.29) is 11.9 Å². The second-order valence-corrected chi connectivity index (χ2v) is 8.12. The third-order valence-corrected chi connectivity index (χ3v) is 5.67. The molecule has 32 heavy (non-hydrogen) atoms. The number of carbonyl (C=O) groups excluding carboxylic acids is 1. The topological polar surface area (TPSA) is 95.3 Å². The first-order chi connectivity index (χ1) is 15.6. The van der Waals surface area contributed by atoms with Gasteiger partial charge in [0, 0.05) is 49.3 Å². The van der Waals surface area contributed by atoms with Gasteiger partial charge in [-0.15, -0.1) is 0 Å². The van der Waals surface area contributed by atoms with E-state index in [2.05, 4.69) is 25.8 Å². The summed E-state index contributed by atoms with van der Waals surface area (Å²) in [6, 6.07) is 19.0. The Morgan fingerprint density at radius 2 is 1.94 bits per heavy atom. The van der Waals surface area contributed by atoms with Crippen LogP contribution in [0.2, 0.25) is 0 Å². The monoisotopic (exact) mass is 446 g/mol. The van der Waals surface area contributed by atoms with Gasteiger partial charge in [0.2, 0.25) is 0 Å². The Morgan fingerprint density at radius 1 is 1.12 bits per heavy atom. The molecule has 3 aromatic rings. The number of hydrogen-bond acceptors (Lipinski definition) is 5. The number of para-hydroxylation sites is 2. The van der Waals surface area contributed by atoms with E-state index in [1.54, 1.807) is 18.3 Å². The van der Waals surface area contributed by atoms with E-state index in [0.717, 1.165) is 30.8 Å². The third-order valence-electron chi connectivity index (χ3n) is 5.40. The van der Waals surface area contributed by atoms with E-state index in [0.29, 0.717) is 28.6 Å². The highest BCUT2D eigenvalue weighted by Gasteiger charge is 2.23. The van der Waals surface area contributed by atoms with E-state index in [1.165, 1.54) is 0 Å². The molecular formula is C24H26N6OS. The number of nitrogen functional groups attached to an aromatic ring is 1. The summed E-state index contributed by atoms with van der Waals surface area (Å²) < 4.78 is 0. The summed E-state index contributed by atoms with van der Waals surface area (Å²) in [7, 11) is 0. The normalized spacial score (nSPS) is 15.2. The number of carbonyl (C=O) groups is 1. The van der Waals surface area contributed by atoms with Gasteiger partial charge in [-0.25, -0.2) is 0 Å². The van der Waals surface area contributed by atoms with Gasteiger partial charge in [-0.2, -0.15) is 0 Å². The molecule has 0 aliphatic carbocycles. The van der Waals surface area contributed by atoms with Crippen LogP contribution in [0.4, 0.5) is 17.1 Å². The summed E-state index contributed by atoms with van der Waals surface area (Å²) in [4.78, 5) is 18.9. The number of nitrogens with one attached hydrogen (secondary N) is 3. The van der Waals surface area contributed by atoms with E-state index >= 15 is 0 Å². The van der Waals surface area contributed by atoms with Crippen molar-refractivity contribution in [1.82, 2.24) is 15.6 Å². The molecule has 8 heteroatoms. The zero-order valence-corrected chi connectivity index (χ0v) is 18.4. The first-order valence-corrected chi connectivity index (χ1v) is 10.9. The number of pyridine rings is 1. The van der Waals surface area contributed by atoms with Crippen LogP contribution in [0.5, 0.6) is 0 Å². The summed E-state index contributed by atoms with van der Waals surface area (Å²) in [5.41, 5.74) is 9.82. The number of nitrogens with zero attached hydrogens (tertiary/aromatic N) is 2. The van der Waals surface area contributed by atoms with Crippen LogP contribution >= 0.6 is 12.2 Å². The van der Waals surface area contributed by atoms with E-state index in [9.17, 15) is 4.79 Å². The summed E-state index contributed by atoms with van der Waals surface area (Å²) in [6.07, 6.45) is 4.57. The minimum atomic E-state index is -0.180. The molecule has 2 heterocycles. The Hall–Kier alpha value is -3.65. The SMILES string of the molecule is Nc1ccccc1NC(=O)c1ccc(N2CC[C@H](NC(=S)NCc3cccnc3)C2)cc1. The molecule has 2 aromatic carbocycles. The minimum absolute atomic E-state index is 0.180. The van der Waals surface area contributed by atoms with E-state index < -0.39 is 0 Å². The van der Waals surface area contributed by atoms with E-state index in [1.807, 2.05) is 54.7 Å². The summed E-state index contributed by atoms with van der Waals surface area (Å²) in [6.45, 7) is 2.42. The lowest BCUT2D eigenvalue weighted by molar-refractivity contribution is 0.102. The molecule has 0 bridgehead atoms. The number of rotatable bonds is 6. The van der Waals surface area contributed by atoms with Crippen LogP contribution in [0, 0.1) is 0 Å². The van der Waals surface area contributed by atoms with Crippen LogP contribution in [0.3, 0.4) is 0 Å². The van der Waals surface area contributed by atoms with Gasteiger partial charge in [0.1, 0.15) is 0 Å². The smallest absolute Gasteiger partial charge is 0.255 e. The number of hydrogen-bond donors (Lipinski definition) is 4. The van der Waals surface area contributed by atoms with Crippen molar-refractivity contribution >= 4 is 40.3 Å². The van der Waals surface area contributed by atoms with Gasteiger partial charge in [0.15, 0.2) is 5.11 Å². The predicted molar refractivity (Wildman–Crippen MR) is 133 cm³/mol. The van der Waals surface area contributed by atoms with Crippen molar-refractivity contribution < 1.29 is 4.79 Å². The van der Waals surface area contributed by atoms with Gasteiger partial charge < -0.3 is 26.6 Å². The zero-order chi connectivity index (χ0) is 22.3. The van der Waals surface area contributed by atoms with Crippen molar-refractivity contribution in [3.05, 3.63) is 84.2 Å². The molecule has 0 unspecified atom stereocenters. The molecular weight excluding hydrogens is 420 g/mol. The highest BCUT2D eigenvalue weighted by Crippen LogP contribution is 2.22. The lowest BCUT2D eigenvalue weighted by atomic mass is 10.1. The number of anilines is 3. The van der Waals surface area contributed by atoms with Gasteiger partial charge >= 0.3 is 0 Å². The van der Waals surface area contributed by atoms with Crippen LogP contribution < -0.4 is 26.6 Å². The molecule has 4 rings (SSSR count).